The molecule has 2 amide bonds. The Balaban J connectivity index is 2.45. The van der Waals surface area contributed by atoms with Gasteiger partial charge in [0.25, 0.3) is 5.91 Å². The van der Waals surface area contributed by atoms with Gasteiger partial charge in [0.15, 0.2) is 0 Å². The lowest BCUT2D eigenvalue weighted by molar-refractivity contribution is -0.127. The molecule has 4 nitrogen and oxygen atoms in total. The summed E-state index contributed by atoms with van der Waals surface area (Å²) in [5, 5.41) is 9.74. The Morgan fingerprint density at radius 2 is 2.12 bits per heavy atom. The molecule has 0 radical (unpaired) electrons. The molecule has 1 heterocycles. The molecule has 0 aromatic heterocycles. The predicted molar refractivity (Wildman–Crippen MR) is 62.5 cm³/mol. The van der Waals surface area contributed by atoms with Crippen LogP contribution in [-0.2, 0) is 11.2 Å². The summed E-state index contributed by atoms with van der Waals surface area (Å²) in [4.78, 5) is 24.5. The Bertz CT molecular complexity index is 482. The molecule has 17 heavy (non-hydrogen) atoms. The topological polar surface area (TPSA) is 57.6 Å². The highest BCUT2D eigenvalue weighted by Gasteiger charge is 2.28. The van der Waals surface area contributed by atoms with Crippen molar-refractivity contribution in [1.82, 2.24) is 4.90 Å². The molecule has 0 fully saturated rings. The molecule has 1 aromatic rings. The number of carbonyl (C=O) groups excluding carboxylic acids is 2. The number of hydrogen-bond acceptors (Lipinski definition) is 3. The quantitative estimate of drug-likeness (QED) is 0.783. The molecule has 0 spiro atoms. The average Bonchev–Trinajstić information content (AvgIpc) is 2.35. The van der Waals surface area contributed by atoms with Gasteiger partial charge in [0.05, 0.1) is 12.5 Å². The Morgan fingerprint density at radius 1 is 1.41 bits per heavy atom. The van der Waals surface area contributed by atoms with Crippen molar-refractivity contribution in [3.8, 4) is 0 Å². The monoisotopic (exact) mass is 233 g/mol. The number of rotatable bonds is 2. The lowest BCUT2D eigenvalue weighted by Crippen LogP contribution is -2.39. The third-order valence-corrected chi connectivity index (χ3v) is 3.16. The molecule has 1 aliphatic heterocycles. The van der Waals surface area contributed by atoms with Crippen molar-refractivity contribution in [2.24, 2.45) is 0 Å². The Hall–Kier alpha value is -1.68. The van der Waals surface area contributed by atoms with E-state index in [0.717, 1.165) is 16.0 Å². The number of aliphatic hydroxyl groups excluding tert-OH is 1. The first-order valence-electron chi connectivity index (χ1n) is 5.66. The van der Waals surface area contributed by atoms with E-state index >= 15 is 0 Å². The summed E-state index contributed by atoms with van der Waals surface area (Å²) in [5.41, 5.74) is 1.99. The Labute approximate surface area is 99.9 Å². The molecular formula is C13H15NO3. The molecule has 2 rings (SSSR count). The van der Waals surface area contributed by atoms with Crippen LogP contribution in [0.3, 0.4) is 0 Å². The van der Waals surface area contributed by atoms with E-state index in [1.165, 1.54) is 7.05 Å². The molecule has 1 atom stereocenters. The van der Waals surface area contributed by atoms with Crippen molar-refractivity contribution in [3.63, 3.8) is 0 Å². The minimum absolute atomic E-state index is 0.189. The summed E-state index contributed by atoms with van der Waals surface area (Å²) in [5.74, 6) is -0.479. The third kappa shape index (κ3) is 1.96. The molecule has 1 N–H and O–H groups in total. The highest BCUT2D eigenvalue weighted by molar-refractivity contribution is 6.09. The van der Waals surface area contributed by atoms with Gasteiger partial charge >= 0.3 is 0 Å². The van der Waals surface area contributed by atoms with Crippen LogP contribution < -0.4 is 0 Å². The zero-order valence-electron chi connectivity index (χ0n) is 9.93. The molecule has 0 bridgehead atoms. The summed E-state index contributed by atoms with van der Waals surface area (Å²) >= 11 is 0. The highest BCUT2D eigenvalue weighted by Crippen LogP contribution is 2.24. The van der Waals surface area contributed by atoms with Gasteiger partial charge in [-0.1, -0.05) is 19.1 Å². The van der Waals surface area contributed by atoms with E-state index in [1.807, 2.05) is 6.92 Å². The largest absolute Gasteiger partial charge is 0.388 e. The van der Waals surface area contributed by atoms with E-state index in [0.29, 0.717) is 12.0 Å². The number of imide groups is 1. The van der Waals surface area contributed by atoms with E-state index in [4.69, 9.17) is 0 Å². The van der Waals surface area contributed by atoms with Crippen LogP contribution in [-0.4, -0.2) is 28.9 Å². The smallest absolute Gasteiger partial charge is 0.260 e. The van der Waals surface area contributed by atoms with Gasteiger partial charge in [-0.2, -0.15) is 0 Å². The molecular weight excluding hydrogens is 218 g/mol. The first-order valence-corrected chi connectivity index (χ1v) is 5.66. The maximum absolute atomic E-state index is 11.9. The normalized spacial score (nSPS) is 17.0. The van der Waals surface area contributed by atoms with Gasteiger partial charge in [-0.3, -0.25) is 14.5 Å². The molecule has 4 heteroatoms. The molecule has 0 saturated carbocycles. The summed E-state index contributed by atoms with van der Waals surface area (Å²) in [6.45, 7) is 1.88. The van der Waals surface area contributed by atoms with Crippen LogP contribution >= 0.6 is 0 Å². The first kappa shape index (κ1) is 11.8. The van der Waals surface area contributed by atoms with Gasteiger partial charge in [0, 0.05) is 12.6 Å². The van der Waals surface area contributed by atoms with Gasteiger partial charge < -0.3 is 5.11 Å². The van der Waals surface area contributed by atoms with E-state index in [2.05, 4.69) is 0 Å². The van der Waals surface area contributed by atoms with Crippen LogP contribution in [0.15, 0.2) is 18.2 Å². The van der Waals surface area contributed by atoms with Crippen molar-refractivity contribution in [3.05, 3.63) is 34.9 Å². The van der Waals surface area contributed by atoms with E-state index in [-0.39, 0.29) is 18.2 Å². The van der Waals surface area contributed by atoms with Crippen molar-refractivity contribution < 1.29 is 14.7 Å². The third-order valence-electron chi connectivity index (χ3n) is 3.16. The number of amides is 2. The van der Waals surface area contributed by atoms with Gasteiger partial charge in [0.1, 0.15) is 0 Å². The molecule has 1 aliphatic rings. The van der Waals surface area contributed by atoms with Crippen LogP contribution in [0.25, 0.3) is 0 Å². The number of likely N-dealkylation sites (N-methyl/N-ethyl adjacent to an activating group) is 1. The second-order valence-corrected chi connectivity index (χ2v) is 4.28. The van der Waals surface area contributed by atoms with Crippen LogP contribution in [0.5, 0.6) is 0 Å². The zero-order valence-corrected chi connectivity index (χ0v) is 9.93. The van der Waals surface area contributed by atoms with Crippen LogP contribution in [0.4, 0.5) is 0 Å². The predicted octanol–water partition coefficient (Wildman–Crippen LogP) is 1.28. The van der Waals surface area contributed by atoms with Crippen molar-refractivity contribution in [1.29, 1.82) is 0 Å². The summed E-state index contributed by atoms with van der Waals surface area (Å²) < 4.78 is 0. The van der Waals surface area contributed by atoms with Gasteiger partial charge in [-0.25, -0.2) is 0 Å². The molecule has 1 unspecified atom stereocenters. The fourth-order valence-electron chi connectivity index (χ4n) is 1.97. The summed E-state index contributed by atoms with van der Waals surface area (Å²) in [6.07, 6.45) is 0.290. The molecule has 90 valence electrons. The van der Waals surface area contributed by atoms with Crippen molar-refractivity contribution >= 4 is 11.8 Å². The lowest BCUT2D eigenvalue weighted by atomic mass is 9.94. The molecule has 0 saturated heterocycles. The number of hydrogen-bond donors (Lipinski definition) is 1. The van der Waals surface area contributed by atoms with Crippen molar-refractivity contribution in [2.75, 3.05) is 7.05 Å². The SMILES string of the molecule is CCC(O)c1ccc2c(c1)C(=O)N(C)C(=O)C2. The maximum atomic E-state index is 11.9. The van der Waals surface area contributed by atoms with Gasteiger partial charge in [-0.15, -0.1) is 0 Å². The van der Waals surface area contributed by atoms with Crippen molar-refractivity contribution in [2.45, 2.75) is 25.9 Å². The number of carbonyl (C=O) groups is 2. The minimum Gasteiger partial charge on any atom is -0.388 e. The Morgan fingerprint density at radius 3 is 2.76 bits per heavy atom. The van der Waals surface area contributed by atoms with Crippen LogP contribution in [0.1, 0.15) is 40.9 Å². The van der Waals surface area contributed by atoms with Crippen LogP contribution in [0, 0.1) is 0 Å². The standard InChI is InChI=1S/C13H15NO3/c1-3-11(15)9-5-4-8-7-12(16)14(2)13(17)10(8)6-9/h4-6,11,15H,3,7H2,1-2H3. The first-order chi connectivity index (χ1) is 8.04. The maximum Gasteiger partial charge on any atom is 0.260 e. The highest BCUT2D eigenvalue weighted by atomic mass is 16.3. The summed E-state index contributed by atoms with van der Waals surface area (Å²) in [6, 6.07) is 5.22. The Kier molecular flexibility index (Phi) is 2.98. The van der Waals surface area contributed by atoms with E-state index in [9.17, 15) is 14.7 Å². The van der Waals surface area contributed by atoms with Crippen LogP contribution in [0.2, 0.25) is 0 Å². The average molecular weight is 233 g/mol. The summed E-state index contributed by atoms with van der Waals surface area (Å²) in [7, 11) is 1.48. The fourth-order valence-corrected chi connectivity index (χ4v) is 1.97. The molecule has 1 aromatic carbocycles. The second-order valence-electron chi connectivity index (χ2n) is 4.28. The molecule has 0 aliphatic carbocycles. The van der Waals surface area contributed by atoms with E-state index < -0.39 is 6.10 Å². The van der Waals surface area contributed by atoms with E-state index in [1.54, 1.807) is 18.2 Å². The number of fused-ring (bicyclic) bond motifs is 1. The number of benzene rings is 1. The number of nitrogens with zero attached hydrogens (tertiary/aromatic N) is 1. The lowest BCUT2D eigenvalue weighted by Gasteiger charge is -2.24. The minimum atomic E-state index is -0.559. The van der Waals surface area contributed by atoms with Gasteiger partial charge in [-0.05, 0) is 23.6 Å². The number of aliphatic hydroxyl groups is 1. The zero-order chi connectivity index (χ0) is 12.6. The second kappa shape index (κ2) is 4.30. The fraction of sp³-hybridized carbons (Fsp3) is 0.385. The van der Waals surface area contributed by atoms with Gasteiger partial charge in [0.2, 0.25) is 5.91 Å².